The lowest BCUT2D eigenvalue weighted by Gasteiger charge is -2.38. The minimum atomic E-state index is -0.317. The van der Waals surface area contributed by atoms with Crippen molar-refractivity contribution in [2.75, 3.05) is 25.0 Å². The van der Waals surface area contributed by atoms with Crippen LogP contribution in [0.3, 0.4) is 0 Å². The van der Waals surface area contributed by atoms with Crippen LogP contribution in [0.15, 0.2) is 48.5 Å². The number of carbonyl (C=O) groups is 1. The number of rotatable bonds is 2. The predicted molar refractivity (Wildman–Crippen MR) is 106 cm³/mol. The number of carbonyl (C=O) groups excluding carboxylic acids is 1. The Bertz CT molecular complexity index is 918. The third-order valence-electron chi connectivity index (χ3n) is 4.41. The van der Waals surface area contributed by atoms with Gasteiger partial charge in [-0.2, -0.15) is 0 Å². The molecule has 1 saturated heterocycles. The first-order valence-corrected chi connectivity index (χ1v) is 9.48. The summed E-state index contributed by atoms with van der Waals surface area (Å²) in [4.78, 5) is 19.3. The van der Waals surface area contributed by atoms with Crippen LogP contribution in [0.25, 0.3) is 20.8 Å². The van der Waals surface area contributed by atoms with Gasteiger partial charge in [-0.1, -0.05) is 24.3 Å². The number of benzene rings is 2. The maximum Gasteiger partial charge on any atom is 0.322 e. The van der Waals surface area contributed by atoms with Crippen molar-refractivity contribution < 1.29 is 9.53 Å². The second-order valence-electron chi connectivity index (χ2n) is 6.99. The summed E-state index contributed by atoms with van der Waals surface area (Å²) in [5, 5.41) is 3.97. The average molecular weight is 367 g/mol. The van der Waals surface area contributed by atoms with Gasteiger partial charge in [0.1, 0.15) is 5.01 Å². The minimum absolute atomic E-state index is 0.102. The van der Waals surface area contributed by atoms with Crippen molar-refractivity contribution in [1.82, 2.24) is 9.88 Å². The van der Waals surface area contributed by atoms with E-state index in [0.29, 0.717) is 19.7 Å². The van der Waals surface area contributed by atoms with E-state index in [-0.39, 0.29) is 11.6 Å². The molecular weight excluding hydrogens is 346 g/mol. The van der Waals surface area contributed by atoms with Gasteiger partial charge >= 0.3 is 6.03 Å². The lowest BCUT2D eigenvalue weighted by atomic mass is 10.1. The smallest absolute Gasteiger partial charge is 0.322 e. The minimum Gasteiger partial charge on any atom is -0.372 e. The topological polar surface area (TPSA) is 54.5 Å². The van der Waals surface area contributed by atoms with E-state index in [9.17, 15) is 4.79 Å². The van der Waals surface area contributed by atoms with Gasteiger partial charge in [0.05, 0.1) is 34.7 Å². The highest BCUT2D eigenvalue weighted by atomic mass is 32.1. The van der Waals surface area contributed by atoms with E-state index in [4.69, 9.17) is 9.72 Å². The van der Waals surface area contributed by atoms with Gasteiger partial charge in [0.15, 0.2) is 0 Å². The second kappa shape index (κ2) is 6.70. The van der Waals surface area contributed by atoms with Crippen molar-refractivity contribution in [1.29, 1.82) is 0 Å². The fraction of sp³-hybridized carbons (Fsp3) is 0.300. The van der Waals surface area contributed by atoms with Gasteiger partial charge in [-0.15, -0.1) is 11.3 Å². The van der Waals surface area contributed by atoms with E-state index in [1.54, 1.807) is 16.2 Å². The van der Waals surface area contributed by atoms with Crippen molar-refractivity contribution in [2.45, 2.75) is 19.4 Å². The van der Waals surface area contributed by atoms with Crippen molar-refractivity contribution in [2.24, 2.45) is 0 Å². The Morgan fingerprint density at radius 2 is 1.96 bits per heavy atom. The quantitative estimate of drug-likeness (QED) is 0.720. The maximum absolute atomic E-state index is 12.8. The van der Waals surface area contributed by atoms with Gasteiger partial charge < -0.3 is 15.0 Å². The highest BCUT2D eigenvalue weighted by molar-refractivity contribution is 7.21. The summed E-state index contributed by atoms with van der Waals surface area (Å²) in [6, 6.07) is 15.8. The molecule has 0 atom stereocenters. The first kappa shape index (κ1) is 17.0. The van der Waals surface area contributed by atoms with E-state index in [2.05, 4.69) is 11.4 Å². The molecule has 1 N–H and O–H groups in total. The number of amides is 2. The Labute approximate surface area is 156 Å². The lowest BCUT2D eigenvalue weighted by Crippen LogP contribution is -2.51. The van der Waals surface area contributed by atoms with Crippen LogP contribution in [0.5, 0.6) is 0 Å². The van der Waals surface area contributed by atoms with Gasteiger partial charge in [-0.3, -0.25) is 0 Å². The molecule has 1 aromatic heterocycles. The Balaban J connectivity index is 1.61. The Morgan fingerprint density at radius 3 is 2.77 bits per heavy atom. The molecule has 0 unspecified atom stereocenters. The van der Waals surface area contributed by atoms with E-state index < -0.39 is 0 Å². The fourth-order valence-electron chi connectivity index (χ4n) is 3.15. The number of morpholine rings is 1. The number of thiazole rings is 1. The van der Waals surface area contributed by atoms with Crippen molar-refractivity contribution in [3.8, 4) is 10.6 Å². The number of hydrogen-bond donors (Lipinski definition) is 1. The number of urea groups is 1. The molecule has 1 fully saturated rings. The van der Waals surface area contributed by atoms with Crippen LogP contribution in [0.2, 0.25) is 0 Å². The van der Waals surface area contributed by atoms with Crippen molar-refractivity contribution >= 4 is 33.3 Å². The number of fused-ring (bicyclic) bond motifs is 1. The van der Waals surface area contributed by atoms with Gasteiger partial charge in [0.2, 0.25) is 0 Å². The lowest BCUT2D eigenvalue weighted by molar-refractivity contribution is -0.0720. The number of para-hydroxylation sites is 2. The normalized spacial score (nSPS) is 16.6. The molecule has 5 nitrogen and oxygen atoms in total. The monoisotopic (exact) mass is 367 g/mol. The van der Waals surface area contributed by atoms with E-state index in [1.165, 1.54) is 0 Å². The van der Waals surface area contributed by atoms with Crippen molar-refractivity contribution in [3.05, 3.63) is 48.5 Å². The first-order valence-electron chi connectivity index (χ1n) is 8.67. The van der Waals surface area contributed by atoms with Crippen molar-refractivity contribution in [3.63, 3.8) is 0 Å². The largest absolute Gasteiger partial charge is 0.372 e. The third kappa shape index (κ3) is 3.43. The number of nitrogens with one attached hydrogen (secondary N) is 1. The average Bonchev–Trinajstić information content (AvgIpc) is 3.05. The molecule has 1 aliphatic heterocycles. The summed E-state index contributed by atoms with van der Waals surface area (Å²) in [7, 11) is 0. The fourth-order valence-corrected chi connectivity index (χ4v) is 4.16. The van der Waals surface area contributed by atoms with Crippen LogP contribution in [-0.4, -0.2) is 41.2 Å². The number of ether oxygens (including phenoxy) is 1. The van der Waals surface area contributed by atoms with Crippen LogP contribution in [0.4, 0.5) is 10.5 Å². The maximum atomic E-state index is 12.8. The number of hydrogen-bond acceptors (Lipinski definition) is 4. The standard InChI is InChI=1S/C20H21N3O2S/c1-20(2)13-23(11-12-25-20)19(24)22-15-8-4-3-7-14(15)18-21-16-9-5-6-10-17(16)26-18/h3-10H,11-13H2,1-2H3,(H,22,24). The second-order valence-corrected chi connectivity index (χ2v) is 8.02. The van der Waals surface area contributed by atoms with Gasteiger partial charge in [0, 0.05) is 12.1 Å². The Morgan fingerprint density at radius 1 is 1.19 bits per heavy atom. The Hall–Kier alpha value is -2.44. The molecule has 2 aromatic carbocycles. The van der Waals surface area contributed by atoms with Crippen LogP contribution >= 0.6 is 11.3 Å². The van der Waals surface area contributed by atoms with E-state index in [1.807, 2.05) is 56.3 Å². The molecule has 1 aliphatic rings. The molecule has 2 amide bonds. The van der Waals surface area contributed by atoms with E-state index in [0.717, 1.165) is 26.5 Å². The zero-order chi connectivity index (χ0) is 18.1. The number of aromatic nitrogens is 1. The zero-order valence-corrected chi connectivity index (χ0v) is 15.7. The molecule has 3 aromatic rings. The van der Waals surface area contributed by atoms with Gasteiger partial charge in [-0.05, 0) is 38.1 Å². The molecule has 0 bridgehead atoms. The molecule has 26 heavy (non-hydrogen) atoms. The number of anilines is 1. The van der Waals surface area contributed by atoms with Crippen LogP contribution in [0, 0.1) is 0 Å². The van der Waals surface area contributed by atoms with Crippen LogP contribution in [-0.2, 0) is 4.74 Å². The molecule has 2 heterocycles. The summed E-state index contributed by atoms with van der Waals surface area (Å²) in [5.74, 6) is 0. The van der Waals surface area contributed by atoms with Crippen LogP contribution < -0.4 is 5.32 Å². The zero-order valence-electron chi connectivity index (χ0n) is 14.9. The summed E-state index contributed by atoms with van der Waals surface area (Å²) in [6.45, 7) is 5.73. The summed E-state index contributed by atoms with van der Waals surface area (Å²) < 4.78 is 6.83. The van der Waals surface area contributed by atoms with Gasteiger partial charge in [0.25, 0.3) is 0 Å². The van der Waals surface area contributed by atoms with E-state index >= 15 is 0 Å². The molecule has 0 saturated carbocycles. The summed E-state index contributed by atoms with van der Waals surface area (Å²) in [5.41, 5.74) is 2.38. The molecule has 134 valence electrons. The summed E-state index contributed by atoms with van der Waals surface area (Å²) in [6.07, 6.45) is 0. The molecule has 0 spiro atoms. The SMILES string of the molecule is CC1(C)CN(C(=O)Nc2ccccc2-c2nc3ccccc3s2)CCO1. The molecule has 4 rings (SSSR count). The first-order chi connectivity index (χ1) is 12.5. The highest BCUT2D eigenvalue weighted by Crippen LogP contribution is 2.34. The Kier molecular flexibility index (Phi) is 4.38. The molecular formula is C20H21N3O2S. The molecule has 0 radical (unpaired) electrons. The third-order valence-corrected chi connectivity index (χ3v) is 5.48. The summed E-state index contributed by atoms with van der Waals surface area (Å²) >= 11 is 1.63. The highest BCUT2D eigenvalue weighted by Gasteiger charge is 2.30. The van der Waals surface area contributed by atoms with Crippen LogP contribution in [0.1, 0.15) is 13.8 Å². The molecule has 0 aliphatic carbocycles. The number of nitrogens with zero attached hydrogens (tertiary/aromatic N) is 2. The molecule has 6 heteroatoms. The predicted octanol–water partition coefficient (Wildman–Crippen LogP) is 4.61. The van der Waals surface area contributed by atoms with Gasteiger partial charge in [-0.25, -0.2) is 9.78 Å².